The number of hydrogen-bond acceptors (Lipinski definition) is 5. The van der Waals surface area contributed by atoms with Gasteiger partial charge in [-0.1, -0.05) is 0 Å². The lowest BCUT2D eigenvalue weighted by Gasteiger charge is -2.18. The van der Waals surface area contributed by atoms with Gasteiger partial charge in [0.15, 0.2) is 0 Å². The van der Waals surface area contributed by atoms with E-state index >= 15 is 0 Å². The van der Waals surface area contributed by atoms with Crippen LogP contribution in [0, 0.1) is 0 Å². The van der Waals surface area contributed by atoms with Crippen molar-refractivity contribution in [2.24, 2.45) is 0 Å². The Bertz CT molecular complexity index is 300. The molecule has 0 aliphatic carbocycles. The van der Waals surface area contributed by atoms with Crippen molar-refractivity contribution in [2.45, 2.75) is 19.3 Å². The zero-order valence-corrected chi connectivity index (χ0v) is 9.72. The average Bonchev–Trinajstić information content (AvgIpc) is 2.65. The SMILES string of the molecule is COCC(O)CN(C)Cc1ccc(CO)o1. The van der Waals surface area contributed by atoms with Crippen molar-refractivity contribution in [1.29, 1.82) is 0 Å². The summed E-state index contributed by atoms with van der Waals surface area (Å²) in [5, 5.41) is 18.3. The van der Waals surface area contributed by atoms with E-state index in [0.29, 0.717) is 25.5 Å². The van der Waals surface area contributed by atoms with Crippen molar-refractivity contribution in [1.82, 2.24) is 4.90 Å². The van der Waals surface area contributed by atoms with Crippen molar-refractivity contribution in [3.05, 3.63) is 23.7 Å². The lowest BCUT2D eigenvalue weighted by molar-refractivity contribution is 0.0405. The fourth-order valence-electron chi connectivity index (χ4n) is 1.53. The quantitative estimate of drug-likeness (QED) is 0.699. The van der Waals surface area contributed by atoms with Crippen LogP contribution in [0.25, 0.3) is 0 Å². The maximum Gasteiger partial charge on any atom is 0.129 e. The lowest BCUT2D eigenvalue weighted by atomic mass is 10.3. The predicted molar refractivity (Wildman–Crippen MR) is 58.8 cm³/mol. The van der Waals surface area contributed by atoms with Gasteiger partial charge < -0.3 is 19.4 Å². The largest absolute Gasteiger partial charge is 0.462 e. The fraction of sp³-hybridized carbons (Fsp3) is 0.636. The van der Waals surface area contributed by atoms with Crippen molar-refractivity contribution in [2.75, 3.05) is 27.3 Å². The van der Waals surface area contributed by atoms with E-state index in [1.165, 1.54) is 0 Å². The second kappa shape index (κ2) is 6.65. The molecular weight excluding hydrogens is 210 g/mol. The Labute approximate surface area is 95.2 Å². The summed E-state index contributed by atoms with van der Waals surface area (Å²) in [6, 6.07) is 3.57. The number of furan rings is 1. The van der Waals surface area contributed by atoms with Crippen molar-refractivity contribution >= 4 is 0 Å². The van der Waals surface area contributed by atoms with Gasteiger partial charge in [0.1, 0.15) is 18.1 Å². The van der Waals surface area contributed by atoms with E-state index < -0.39 is 6.10 Å². The van der Waals surface area contributed by atoms with Crippen LogP contribution in [0.4, 0.5) is 0 Å². The van der Waals surface area contributed by atoms with Crippen LogP contribution in [0.1, 0.15) is 11.5 Å². The van der Waals surface area contributed by atoms with E-state index in [9.17, 15) is 5.11 Å². The summed E-state index contributed by atoms with van der Waals surface area (Å²) in [5.74, 6) is 1.33. The Hall–Kier alpha value is -0.880. The number of aliphatic hydroxyl groups is 2. The molecular formula is C11H19NO4. The molecule has 0 aliphatic heterocycles. The van der Waals surface area contributed by atoms with Crippen LogP contribution in [0.3, 0.4) is 0 Å². The molecule has 1 aromatic rings. The zero-order chi connectivity index (χ0) is 12.0. The second-order valence-electron chi connectivity index (χ2n) is 3.83. The van der Waals surface area contributed by atoms with Gasteiger partial charge in [-0.2, -0.15) is 0 Å². The molecule has 5 heteroatoms. The van der Waals surface area contributed by atoms with Crippen LogP contribution < -0.4 is 0 Å². The van der Waals surface area contributed by atoms with Crippen molar-refractivity contribution < 1.29 is 19.4 Å². The lowest BCUT2D eigenvalue weighted by Crippen LogP contribution is -2.31. The van der Waals surface area contributed by atoms with Gasteiger partial charge in [0.05, 0.1) is 19.3 Å². The molecule has 1 unspecified atom stereocenters. The van der Waals surface area contributed by atoms with Gasteiger partial charge in [-0.15, -0.1) is 0 Å². The monoisotopic (exact) mass is 229 g/mol. The molecule has 1 atom stereocenters. The first kappa shape index (κ1) is 13.2. The second-order valence-corrected chi connectivity index (χ2v) is 3.83. The number of ether oxygens (including phenoxy) is 1. The first-order valence-corrected chi connectivity index (χ1v) is 5.19. The Morgan fingerprint density at radius 3 is 2.69 bits per heavy atom. The van der Waals surface area contributed by atoms with Gasteiger partial charge in [0.2, 0.25) is 0 Å². The third kappa shape index (κ3) is 4.32. The van der Waals surface area contributed by atoms with Crippen LogP contribution >= 0.6 is 0 Å². The summed E-state index contributed by atoms with van der Waals surface area (Å²) >= 11 is 0. The minimum atomic E-state index is -0.498. The Kier molecular flexibility index (Phi) is 5.48. The van der Waals surface area contributed by atoms with E-state index in [1.807, 2.05) is 18.0 Å². The van der Waals surface area contributed by atoms with E-state index in [2.05, 4.69) is 0 Å². The first-order valence-electron chi connectivity index (χ1n) is 5.19. The molecule has 0 amide bonds. The predicted octanol–water partition coefficient (Wildman–Crippen LogP) is 0.211. The summed E-state index contributed by atoms with van der Waals surface area (Å²) in [6.07, 6.45) is -0.498. The number of hydrogen-bond donors (Lipinski definition) is 2. The molecule has 0 bridgehead atoms. The molecule has 1 rings (SSSR count). The highest BCUT2D eigenvalue weighted by molar-refractivity contribution is 5.06. The Morgan fingerprint density at radius 1 is 1.44 bits per heavy atom. The van der Waals surface area contributed by atoms with Crippen LogP contribution in [-0.2, 0) is 17.9 Å². The molecule has 0 saturated heterocycles. The molecule has 1 aromatic heterocycles. The maximum atomic E-state index is 9.51. The summed E-state index contributed by atoms with van der Waals surface area (Å²) in [6.45, 7) is 1.35. The minimum Gasteiger partial charge on any atom is -0.462 e. The van der Waals surface area contributed by atoms with E-state index in [-0.39, 0.29) is 6.61 Å². The Balaban J connectivity index is 2.35. The topological polar surface area (TPSA) is 66.1 Å². The first-order chi connectivity index (χ1) is 7.65. The van der Waals surface area contributed by atoms with Crippen LogP contribution in [0.5, 0.6) is 0 Å². The van der Waals surface area contributed by atoms with Crippen molar-refractivity contribution in [3.63, 3.8) is 0 Å². The molecule has 0 aliphatic rings. The summed E-state index contributed by atoms with van der Waals surface area (Å²) in [7, 11) is 3.45. The molecule has 0 aromatic carbocycles. The zero-order valence-electron chi connectivity index (χ0n) is 9.72. The maximum absolute atomic E-state index is 9.51. The number of nitrogens with zero attached hydrogens (tertiary/aromatic N) is 1. The standard InChI is InChI=1S/C11H19NO4/c1-12(5-9(14)8-15-2)6-10-3-4-11(7-13)16-10/h3-4,9,13-14H,5-8H2,1-2H3. The molecule has 0 radical (unpaired) electrons. The smallest absolute Gasteiger partial charge is 0.129 e. The Morgan fingerprint density at radius 2 is 2.12 bits per heavy atom. The van der Waals surface area contributed by atoms with Gasteiger partial charge >= 0.3 is 0 Å². The van der Waals surface area contributed by atoms with Crippen LogP contribution in [0.2, 0.25) is 0 Å². The van der Waals surface area contributed by atoms with E-state index in [4.69, 9.17) is 14.3 Å². The third-order valence-corrected chi connectivity index (χ3v) is 2.18. The number of likely N-dealkylation sites (N-methyl/N-ethyl adjacent to an activating group) is 1. The molecule has 0 saturated carbocycles. The van der Waals surface area contributed by atoms with Gasteiger partial charge in [-0.3, -0.25) is 4.90 Å². The number of aliphatic hydroxyl groups excluding tert-OH is 2. The van der Waals surface area contributed by atoms with Gasteiger partial charge in [0, 0.05) is 13.7 Å². The highest BCUT2D eigenvalue weighted by Gasteiger charge is 2.10. The molecule has 16 heavy (non-hydrogen) atoms. The van der Waals surface area contributed by atoms with Gasteiger partial charge in [-0.25, -0.2) is 0 Å². The molecule has 2 N–H and O–H groups in total. The number of rotatable bonds is 7. The van der Waals surface area contributed by atoms with E-state index in [1.54, 1.807) is 13.2 Å². The summed E-state index contributed by atoms with van der Waals surface area (Å²) in [5.41, 5.74) is 0. The van der Waals surface area contributed by atoms with Crippen LogP contribution in [-0.4, -0.2) is 48.5 Å². The summed E-state index contributed by atoms with van der Waals surface area (Å²) < 4.78 is 10.2. The third-order valence-electron chi connectivity index (χ3n) is 2.18. The molecule has 1 heterocycles. The average molecular weight is 229 g/mol. The van der Waals surface area contributed by atoms with Gasteiger partial charge in [0.25, 0.3) is 0 Å². The minimum absolute atomic E-state index is 0.0873. The van der Waals surface area contributed by atoms with E-state index in [0.717, 1.165) is 5.76 Å². The molecule has 0 spiro atoms. The highest BCUT2D eigenvalue weighted by atomic mass is 16.5. The fourth-order valence-corrected chi connectivity index (χ4v) is 1.53. The molecule has 0 fully saturated rings. The molecule has 92 valence electrons. The van der Waals surface area contributed by atoms with Crippen molar-refractivity contribution in [3.8, 4) is 0 Å². The molecule has 5 nitrogen and oxygen atoms in total. The number of methoxy groups -OCH3 is 1. The normalized spacial score (nSPS) is 13.3. The summed E-state index contributed by atoms with van der Waals surface area (Å²) in [4.78, 5) is 1.93. The van der Waals surface area contributed by atoms with Crippen LogP contribution in [0.15, 0.2) is 16.5 Å². The highest BCUT2D eigenvalue weighted by Crippen LogP contribution is 2.09. The van der Waals surface area contributed by atoms with Gasteiger partial charge in [-0.05, 0) is 19.2 Å².